The van der Waals surface area contributed by atoms with Crippen molar-refractivity contribution in [1.29, 1.82) is 0 Å². The molecule has 1 aromatic carbocycles. The van der Waals surface area contributed by atoms with E-state index >= 15 is 0 Å². The number of primary amides is 1. The van der Waals surface area contributed by atoms with Crippen LogP contribution in [0.5, 0.6) is 0 Å². The number of fused-ring (bicyclic) bond motifs is 1. The Labute approximate surface area is 125 Å². The fraction of sp³-hybridized carbons (Fsp3) is 0.0667. The van der Waals surface area contributed by atoms with Crippen molar-refractivity contribution in [3.8, 4) is 0 Å². The van der Waals surface area contributed by atoms with Crippen molar-refractivity contribution < 1.29 is 9.59 Å². The summed E-state index contributed by atoms with van der Waals surface area (Å²) in [6.45, 7) is 1.82. The van der Waals surface area contributed by atoms with E-state index in [1.807, 2.05) is 6.92 Å². The van der Waals surface area contributed by atoms with Gasteiger partial charge in [-0.1, -0.05) is 12.1 Å². The summed E-state index contributed by atoms with van der Waals surface area (Å²) in [6.07, 6.45) is 1.72. The molecular weight excluding hydrogens is 282 g/mol. The lowest BCUT2D eigenvalue weighted by Gasteiger charge is -2.09. The van der Waals surface area contributed by atoms with E-state index in [-0.39, 0.29) is 11.5 Å². The van der Waals surface area contributed by atoms with Gasteiger partial charge in [0, 0.05) is 11.8 Å². The minimum atomic E-state index is -0.598. The summed E-state index contributed by atoms with van der Waals surface area (Å²) in [4.78, 5) is 23.7. The molecule has 2 amide bonds. The van der Waals surface area contributed by atoms with Crippen LogP contribution in [0.15, 0.2) is 42.6 Å². The van der Waals surface area contributed by atoms with Crippen molar-refractivity contribution in [3.05, 3.63) is 59.5 Å². The minimum absolute atomic E-state index is 0.259. The number of hydrogen-bond acceptors (Lipinski definition) is 4. The number of para-hydroxylation sites is 1. The van der Waals surface area contributed by atoms with Gasteiger partial charge in [-0.25, -0.2) is 0 Å². The zero-order valence-electron chi connectivity index (χ0n) is 11.8. The zero-order chi connectivity index (χ0) is 15.7. The van der Waals surface area contributed by atoms with Gasteiger partial charge in [0.2, 0.25) is 0 Å². The number of hydrogen-bond donors (Lipinski definition) is 2. The van der Waals surface area contributed by atoms with Crippen LogP contribution in [0, 0.1) is 6.92 Å². The average molecular weight is 295 g/mol. The molecule has 3 aromatic rings. The Balaban J connectivity index is 1.92. The third-order valence-corrected chi connectivity index (χ3v) is 3.28. The summed E-state index contributed by atoms with van der Waals surface area (Å²) in [5.41, 5.74) is 6.92. The van der Waals surface area contributed by atoms with Gasteiger partial charge in [0.05, 0.1) is 11.3 Å². The minimum Gasteiger partial charge on any atom is -0.366 e. The highest BCUT2D eigenvalue weighted by atomic mass is 16.2. The lowest BCUT2D eigenvalue weighted by Crippen LogP contribution is -2.18. The smallest absolute Gasteiger partial charge is 0.255 e. The first-order valence-electron chi connectivity index (χ1n) is 6.58. The summed E-state index contributed by atoms with van der Waals surface area (Å²) < 4.78 is 1.77. The predicted octanol–water partition coefficient (Wildman–Crippen LogP) is 1.39. The molecular formula is C15H13N5O2. The number of benzene rings is 1. The van der Waals surface area contributed by atoms with E-state index in [1.54, 1.807) is 47.0 Å². The summed E-state index contributed by atoms with van der Waals surface area (Å²) in [6, 6.07) is 9.86. The van der Waals surface area contributed by atoms with Crippen molar-refractivity contribution in [3.63, 3.8) is 0 Å². The van der Waals surface area contributed by atoms with Gasteiger partial charge in [0.1, 0.15) is 5.82 Å². The molecule has 7 nitrogen and oxygen atoms in total. The van der Waals surface area contributed by atoms with Crippen molar-refractivity contribution in [1.82, 2.24) is 14.6 Å². The fourth-order valence-corrected chi connectivity index (χ4v) is 2.15. The SMILES string of the molecule is Cc1nnc2cc(C(=O)Nc3ccccc3C(N)=O)ccn12. The molecule has 0 saturated carbocycles. The quantitative estimate of drug-likeness (QED) is 0.762. The third kappa shape index (κ3) is 2.39. The maximum atomic E-state index is 12.3. The van der Waals surface area contributed by atoms with Crippen LogP contribution in [0.2, 0.25) is 0 Å². The molecule has 22 heavy (non-hydrogen) atoms. The monoisotopic (exact) mass is 295 g/mol. The molecule has 0 fully saturated rings. The predicted molar refractivity (Wildman–Crippen MR) is 80.6 cm³/mol. The standard InChI is InChI=1S/C15H13N5O2/c1-9-18-19-13-8-10(6-7-20(9)13)15(22)17-12-5-3-2-4-11(12)14(16)21/h2-8H,1H3,(H2,16,21)(H,17,22). The van der Waals surface area contributed by atoms with Gasteiger partial charge in [0.15, 0.2) is 5.65 Å². The first-order valence-corrected chi connectivity index (χ1v) is 6.58. The van der Waals surface area contributed by atoms with E-state index in [4.69, 9.17) is 5.73 Å². The molecule has 3 rings (SSSR count). The lowest BCUT2D eigenvalue weighted by atomic mass is 10.1. The Morgan fingerprint density at radius 3 is 2.73 bits per heavy atom. The number of aryl methyl sites for hydroxylation is 1. The summed E-state index contributed by atoms with van der Waals surface area (Å²) in [7, 11) is 0. The molecule has 0 bridgehead atoms. The van der Waals surface area contributed by atoms with Crippen LogP contribution in [0.3, 0.4) is 0 Å². The van der Waals surface area contributed by atoms with Gasteiger partial charge in [0.25, 0.3) is 11.8 Å². The van der Waals surface area contributed by atoms with E-state index < -0.39 is 5.91 Å². The third-order valence-electron chi connectivity index (χ3n) is 3.28. The molecule has 0 aliphatic heterocycles. The number of carbonyl (C=O) groups excluding carboxylic acids is 2. The van der Waals surface area contributed by atoms with Gasteiger partial charge < -0.3 is 11.1 Å². The molecule has 2 aromatic heterocycles. The molecule has 3 N–H and O–H groups in total. The molecule has 0 aliphatic carbocycles. The Kier molecular flexibility index (Phi) is 3.30. The number of nitrogens with zero attached hydrogens (tertiary/aromatic N) is 3. The second-order valence-electron chi connectivity index (χ2n) is 4.75. The van der Waals surface area contributed by atoms with E-state index in [0.717, 1.165) is 5.82 Å². The van der Waals surface area contributed by atoms with Crippen LogP contribution in [0.4, 0.5) is 5.69 Å². The molecule has 7 heteroatoms. The lowest BCUT2D eigenvalue weighted by molar-refractivity contribution is 0.100. The number of carbonyl (C=O) groups is 2. The summed E-state index contributed by atoms with van der Waals surface area (Å²) in [5.74, 6) is -0.211. The van der Waals surface area contributed by atoms with Gasteiger partial charge in [-0.2, -0.15) is 0 Å². The van der Waals surface area contributed by atoms with Gasteiger partial charge in [-0.15, -0.1) is 10.2 Å². The Bertz CT molecular complexity index is 885. The molecule has 0 saturated heterocycles. The Morgan fingerprint density at radius 1 is 1.18 bits per heavy atom. The number of nitrogens with one attached hydrogen (secondary N) is 1. The Morgan fingerprint density at radius 2 is 1.95 bits per heavy atom. The van der Waals surface area contributed by atoms with Gasteiger partial charge >= 0.3 is 0 Å². The topological polar surface area (TPSA) is 102 Å². The van der Waals surface area contributed by atoms with E-state index in [9.17, 15) is 9.59 Å². The highest BCUT2D eigenvalue weighted by Gasteiger charge is 2.13. The van der Waals surface area contributed by atoms with E-state index in [1.165, 1.54) is 0 Å². The Hall–Kier alpha value is -3.22. The number of nitrogens with two attached hydrogens (primary N) is 1. The fourth-order valence-electron chi connectivity index (χ4n) is 2.15. The first kappa shape index (κ1) is 13.7. The van der Waals surface area contributed by atoms with Crippen LogP contribution < -0.4 is 11.1 Å². The molecule has 0 spiro atoms. The summed E-state index contributed by atoms with van der Waals surface area (Å²) in [5, 5.41) is 10.6. The number of pyridine rings is 1. The molecule has 0 unspecified atom stereocenters. The highest BCUT2D eigenvalue weighted by molar-refractivity contribution is 6.08. The van der Waals surface area contributed by atoms with E-state index in [2.05, 4.69) is 15.5 Å². The summed E-state index contributed by atoms with van der Waals surface area (Å²) >= 11 is 0. The number of rotatable bonds is 3. The molecule has 0 aliphatic rings. The maximum Gasteiger partial charge on any atom is 0.255 e. The maximum absolute atomic E-state index is 12.3. The zero-order valence-corrected chi connectivity index (χ0v) is 11.8. The van der Waals surface area contributed by atoms with Crippen molar-refractivity contribution >= 4 is 23.1 Å². The largest absolute Gasteiger partial charge is 0.366 e. The molecule has 0 atom stereocenters. The normalized spacial score (nSPS) is 10.6. The molecule has 110 valence electrons. The van der Waals surface area contributed by atoms with Crippen LogP contribution in [-0.4, -0.2) is 26.4 Å². The first-order chi connectivity index (χ1) is 10.6. The van der Waals surface area contributed by atoms with Crippen molar-refractivity contribution in [2.24, 2.45) is 5.73 Å². The van der Waals surface area contributed by atoms with Crippen LogP contribution >= 0.6 is 0 Å². The number of aromatic nitrogens is 3. The van der Waals surface area contributed by atoms with Crippen LogP contribution in [0.25, 0.3) is 5.65 Å². The van der Waals surface area contributed by atoms with Crippen LogP contribution in [-0.2, 0) is 0 Å². The second kappa shape index (κ2) is 5.28. The van der Waals surface area contributed by atoms with Gasteiger partial charge in [-0.05, 0) is 31.2 Å². The molecule has 2 heterocycles. The number of anilines is 1. The second-order valence-corrected chi connectivity index (χ2v) is 4.75. The van der Waals surface area contributed by atoms with E-state index in [0.29, 0.717) is 16.9 Å². The number of amides is 2. The van der Waals surface area contributed by atoms with Gasteiger partial charge in [-0.3, -0.25) is 14.0 Å². The average Bonchev–Trinajstić information content (AvgIpc) is 2.88. The van der Waals surface area contributed by atoms with Crippen molar-refractivity contribution in [2.45, 2.75) is 6.92 Å². The van der Waals surface area contributed by atoms with Crippen LogP contribution in [0.1, 0.15) is 26.5 Å². The van der Waals surface area contributed by atoms with Crippen molar-refractivity contribution in [2.75, 3.05) is 5.32 Å². The highest BCUT2D eigenvalue weighted by Crippen LogP contribution is 2.16. The molecule has 0 radical (unpaired) electrons.